The summed E-state index contributed by atoms with van der Waals surface area (Å²) in [6, 6.07) is 7.88. The van der Waals surface area contributed by atoms with Crippen molar-refractivity contribution in [1.29, 1.82) is 0 Å². The highest BCUT2D eigenvalue weighted by Gasteiger charge is 2.03. The van der Waals surface area contributed by atoms with Crippen LogP contribution in [0.25, 0.3) is 11.4 Å². The summed E-state index contributed by atoms with van der Waals surface area (Å²) in [7, 11) is 0. The number of nitrogens with zero attached hydrogens (tertiary/aromatic N) is 2. The van der Waals surface area contributed by atoms with Gasteiger partial charge >= 0.3 is 0 Å². The molecule has 2 rings (SSSR count). The highest BCUT2D eigenvalue weighted by atomic mass is 16.5. The monoisotopic (exact) mass is 398 g/mol. The molecule has 5 heteroatoms. The normalized spacial score (nSPS) is 11.1. The maximum absolute atomic E-state index is 5.78. The molecule has 0 saturated heterocycles. The van der Waals surface area contributed by atoms with E-state index in [2.05, 4.69) is 36.0 Å². The van der Waals surface area contributed by atoms with Crippen LogP contribution < -0.4 is 9.47 Å². The van der Waals surface area contributed by atoms with Crippen LogP contribution in [0.2, 0.25) is 0 Å². The second-order valence-corrected chi connectivity index (χ2v) is 6.83. The second-order valence-electron chi connectivity index (χ2n) is 6.83. The van der Waals surface area contributed by atoms with Gasteiger partial charge in [0.2, 0.25) is 0 Å². The fraction of sp³-hybridized carbons (Fsp3) is 0.500. The van der Waals surface area contributed by atoms with Crippen LogP contribution in [0, 0.1) is 0 Å². The van der Waals surface area contributed by atoms with Crippen LogP contribution in [0.1, 0.15) is 52.4 Å². The van der Waals surface area contributed by atoms with Gasteiger partial charge in [-0.25, -0.2) is 9.97 Å². The van der Waals surface area contributed by atoms with E-state index in [1.165, 1.54) is 6.42 Å². The zero-order chi connectivity index (χ0) is 20.6. The van der Waals surface area contributed by atoms with E-state index in [4.69, 9.17) is 14.2 Å². The molecular formula is C24H34N2O3. The van der Waals surface area contributed by atoms with Crippen molar-refractivity contribution in [2.45, 2.75) is 52.4 Å². The third-order valence-electron chi connectivity index (χ3n) is 4.22. The standard InChI is InChI=1S/C24H34N2O3/c1-3-5-6-7-8-17-29-23-19-25-24(26-20-23)21-11-13-22(14-12-21)28-18-10-9-16-27-15-4-2/h6-7,11-14,19-20H,3-5,8-10,15-18H2,1-2H3/b7-6-. The zero-order valence-corrected chi connectivity index (χ0v) is 17.8. The van der Waals surface area contributed by atoms with Crippen molar-refractivity contribution in [3.63, 3.8) is 0 Å². The molecule has 0 amide bonds. The van der Waals surface area contributed by atoms with Gasteiger partial charge in [-0.1, -0.05) is 32.4 Å². The molecule has 29 heavy (non-hydrogen) atoms. The summed E-state index contributed by atoms with van der Waals surface area (Å²) in [5.41, 5.74) is 0.958. The predicted molar refractivity (Wildman–Crippen MR) is 117 cm³/mol. The van der Waals surface area contributed by atoms with Gasteiger partial charge in [-0.2, -0.15) is 0 Å². The van der Waals surface area contributed by atoms with Crippen molar-refractivity contribution in [1.82, 2.24) is 9.97 Å². The first-order valence-electron chi connectivity index (χ1n) is 10.7. The quantitative estimate of drug-likeness (QED) is 0.278. The van der Waals surface area contributed by atoms with Gasteiger partial charge in [0, 0.05) is 18.8 Å². The number of unbranched alkanes of at least 4 members (excludes halogenated alkanes) is 2. The van der Waals surface area contributed by atoms with Crippen LogP contribution >= 0.6 is 0 Å². The van der Waals surface area contributed by atoms with Gasteiger partial charge in [-0.05, 0) is 56.4 Å². The third-order valence-corrected chi connectivity index (χ3v) is 4.22. The van der Waals surface area contributed by atoms with E-state index < -0.39 is 0 Å². The van der Waals surface area contributed by atoms with E-state index in [1.807, 2.05) is 24.3 Å². The number of hydrogen-bond donors (Lipinski definition) is 0. The van der Waals surface area contributed by atoms with Crippen molar-refractivity contribution < 1.29 is 14.2 Å². The Morgan fingerprint density at radius 1 is 0.724 bits per heavy atom. The maximum atomic E-state index is 5.78. The van der Waals surface area contributed by atoms with E-state index in [1.54, 1.807) is 12.4 Å². The molecule has 0 radical (unpaired) electrons. The van der Waals surface area contributed by atoms with Gasteiger partial charge < -0.3 is 14.2 Å². The van der Waals surface area contributed by atoms with E-state index in [0.29, 0.717) is 24.8 Å². The number of rotatable bonds is 15. The van der Waals surface area contributed by atoms with E-state index in [0.717, 1.165) is 56.6 Å². The molecule has 0 atom stereocenters. The minimum atomic E-state index is 0.639. The number of hydrogen-bond acceptors (Lipinski definition) is 5. The van der Waals surface area contributed by atoms with Gasteiger partial charge in [0.25, 0.3) is 0 Å². The molecule has 1 heterocycles. The average molecular weight is 399 g/mol. The molecule has 0 spiro atoms. The van der Waals surface area contributed by atoms with Crippen molar-refractivity contribution in [2.24, 2.45) is 0 Å². The topological polar surface area (TPSA) is 53.5 Å². The van der Waals surface area contributed by atoms with Crippen LogP contribution in [0.5, 0.6) is 11.5 Å². The number of ether oxygens (including phenoxy) is 3. The summed E-state index contributed by atoms with van der Waals surface area (Å²) < 4.78 is 16.9. The molecule has 1 aromatic carbocycles. The summed E-state index contributed by atoms with van der Waals surface area (Å²) in [5, 5.41) is 0. The molecular weight excluding hydrogens is 364 g/mol. The van der Waals surface area contributed by atoms with Crippen molar-refractivity contribution in [2.75, 3.05) is 26.4 Å². The van der Waals surface area contributed by atoms with Gasteiger partial charge in [0.05, 0.1) is 25.6 Å². The molecule has 0 saturated carbocycles. The van der Waals surface area contributed by atoms with Gasteiger partial charge in [-0.15, -0.1) is 0 Å². The van der Waals surface area contributed by atoms with E-state index in [-0.39, 0.29) is 0 Å². The van der Waals surface area contributed by atoms with Crippen LogP contribution in [0.4, 0.5) is 0 Å². The van der Waals surface area contributed by atoms with Gasteiger partial charge in [0.15, 0.2) is 11.6 Å². The minimum absolute atomic E-state index is 0.639. The Balaban J connectivity index is 1.70. The Hall–Kier alpha value is -2.40. The summed E-state index contributed by atoms with van der Waals surface area (Å²) in [6.07, 6.45) is 14.1. The Bertz CT molecular complexity index is 684. The van der Waals surface area contributed by atoms with Gasteiger partial charge in [-0.3, -0.25) is 0 Å². The molecule has 0 N–H and O–H groups in total. The Morgan fingerprint density at radius 3 is 2.14 bits per heavy atom. The third kappa shape index (κ3) is 9.57. The van der Waals surface area contributed by atoms with E-state index in [9.17, 15) is 0 Å². The highest BCUT2D eigenvalue weighted by molar-refractivity contribution is 5.56. The maximum Gasteiger partial charge on any atom is 0.159 e. The lowest BCUT2D eigenvalue weighted by Gasteiger charge is -2.08. The molecule has 1 aromatic heterocycles. The number of aromatic nitrogens is 2. The molecule has 0 aliphatic carbocycles. The lowest BCUT2D eigenvalue weighted by Crippen LogP contribution is -2.01. The summed E-state index contributed by atoms with van der Waals surface area (Å²) in [5.74, 6) is 2.24. The largest absolute Gasteiger partial charge is 0.494 e. The summed E-state index contributed by atoms with van der Waals surface area (Å²) in [4.78, 5) is 8.82. The molecule has 0 aliphatic rings. The van der Waals surface area contributed by atoms with Gasteiger partial charge in [0.1, 0.15) is 5.75 Å². The number of benzene rings is 1. The predicted octanol–water partition coefficient (Wildman–Crippen LogP) is 5.85. The zero-order valence-electron chi connectivity index (χ0n) is 17.8. The lowest BCUT2D eigenvalue weighted by atomic mass is 10.2. The van der Waals surface area contributed by atoms with Crippen molar-refractivity contribution in [3.8, 4) is 22.9 Å². The molecule has 0 unspecified atom stereocenters. The highest BCUT2D eigenvalue weighted by Crippen LogP contribution is 2.20. The van der Waals surface area contributed by atoms with E-state index >= 15 is 0 Å². The summed E-state index contributed by atoms with van der Waals surface area (Å²) in [6.45, 7) is 7.28. The minimum Gasteiger partial charge on any atom is -0.494 e. The van der Waals surface area contributed by atoms with Crippen LogP contribution in [-0.4, -0.2) is 36.4 Å². The van der Waals surface area contributed by atoms with Crippen LogP contribution in [-0.2, 0) is 4.74 Å². The molecule has 5 nitrogen and oxygen atoms in total. The smallest absolute Gasteiger partial charge is 0.159 e. The Morgan fingerprint density at radius 2 is 1.41 bits per heavy atom. The first-order chi connectivity index (χ1) is 14.3. The van der Waals surface area contributed by atoms with Crippen LogP contribution in [0.3, 0.4) is 0 Å². The van der Waals surface area contributed by atoms with Crippen LogP contribution in [0.15, 0.2) is 48.8 Å². The first-order valence-corrected chi connectivity index (χ1v) is 10.7. The van der Waals surface area contributed by atoms with Crippen molar-refractivity contribution >= 4 is 0 Å². The second kappa shape index (κ2) is 14.6. The fourth-order valence-electron chi connectivity index (χ4n) is 2.63. The molecule has 0 fully saturated rings. The van der Waals surface area contributed by atoms with Crippen molar-refractivity contribution in [3.05, 3.63) is 48.8 Å². The SMILES string of the molecule is CCC/C=C\CCOc1cnc(-c2ccc(OCCCCOCCC)cc2)nc1. The Labute approximate surface area is 175 Å². The fourth-order valence-corrected chi connectivity index (χ4v) is 2.63. The molecule has 0 aliphatic heterocycles. The molecule has 158 valence electrons. The number of allylic oxidation sites excluding steroid dienone is 1. The molecule has 2 aromatic rings. The first kappa shape index (κ1) is 22.9. The summed E-state index contributed by atoms with van der Waals surface area (Å²) >= 11 is 0. The average Bonchev–Trinajstić information content (AvgIpc) is 2.76. The Kier molecular flexibility index (Phi) is 11.5. The lowest BCUT2D eigenvalue weighted by molar-refractivity contribution is 0.127. The molecule has 0 bridgehead atoms.